The van der Waals surface area contributed by atoms with E-state index >= 15 is 0 Å². The van der Waals surface area contributed by atoms with Crippen molar-refractivity contribution in [2.75, 3.05) is 6.61 Å². The predicted octanol–water partition coefficient (Wildman–Crippen LogP) is 5.19. The first-order valence-electron chi connectivity index (χ1n) is 12.1. The van der Waals surface area contributed by atoms with E-state index in [0.717, 1.165) is 33.7 Å². The fourth-order valence-electron chi connectivity index (χ4n) is 3.86. The van der Waals surface area contributed by atoms with Gasteiger partial charge in [0.15, 0.2) is 6.61 Å². The van der Waals surface area contributed by atoms with Crippen LogP contribution in [0.3, 0.4) is 0 Å². The van der Waals surface area contributed by atoms with Gasteiger partial charge in [0.25, 0.3) is 5.91 Å². The molecule has 0 aliphatic heterocycles. The molecule has 0 unspecified atom stereocenters. The Bertz CT molecular complexity index is 1240. The number of rotatable bonds is 11. The van der Waals surface area contributed by atoms with Crippen LogP contribution in [0.25, 0.3) is 0 Å². The zero-order chi connectivity index (χ0) is 26.0. The maximum atomic E-state index is 13.0. The number of hydrogen-bond donors (Lipinski definition) is 0. The van der Waals surface area contributed by atoms with Crippen LogP contribution < -0.4 is 4.74 Å². The van der Waals surface area contributed by atoms with Gasteiger partial charge in [-0.25, -0.2) is 0 Å². The van der Waals surface area contributed by atoms with E-state index in [1.807, 2.05) is 86.6 Å². The third-order valence-electron chi connectivity index (χ3n) is 5.98. The highest BCUT2D eigenvalue weighted by Gasteiger charge is 2.17. The SMILES string of the molecule is Cc1noc(C)c1COc1ccc(CC(=O)OCC(=O)N(Cc2ccccc2)Cc2ccccc2)cc1. The number of esters is 1. The van der Waals surface area contributed by atoms with E-state index in [2.05, 4.69) is 5.16 Å². The van der Waals surface area contributed by atoms with Crippen LogP contribution in [0.1, 0.15) is 33.7 Å². The molecule has 190 valence electrons. The molecular weight excluding hydrogens is 468 g/mol. The zero-order valence-corrected chi connectivity index (χ0v) is 21.1. The number of aryl methyl sites for hydroxylation is 2. The zero-order valence-electron chi connectivity index (χ0n) is 21.1. The molecule has 0 radical (unpaired) electrons. The van der Waals surface area contributed by atoms with Crippen LogP contribution in [0.4, 0.5) is 0 Å². The van der Waals surface area contributed by atoms with Crippen molar-refractivity contribution >= 4 is 11.9 Å². The summed E-state index contributed by atoms with van der Waals surface area (Å²) in [5.41, 5.74) is 4.51. The van der Waals surface area contributed by atoms with Crippen molar-refractivity contribution in [3.63, 3.8) is 0 Å². The molecule has 4 aromatic rings. The Labute approximate surface area is 216 Å². The predicted molar refractivity (Wildman–Crippen MR) is 139 cm³/mol. The Morgan fingerprint density at radius 2 is 1.41 bits per heavy atom. The standard InChI is InChI=1S/C30H30N2O5/c1-22-28(23(2)37-31-22)20-35-27-15-13-24(14-16-27)17-30(34)36-21-29(33)32(18-25-9-5-3-6-10-25)19-26-11-7-4-8-12-26/h3-16H,17-21H2,1-2H3. The van der Waals surface area contributed by atoms with E-state index < -0.39 is 5.97 Å². The molecule has 0 saturated heterocycles. The van der Waals surface area contributed by atoms with Crippen LogP contribution in [0.15, 0.2) is 89.5 Å². The maximum absolute atomic E-state index is 13.0. The van der Waals surface area contributed by atoms with Gasteiger partial charge < -0.3 is 18.9 Å². The Morgan fingerprint density at radius 1 is 0.811 bits per heavy atom. The number of hydrogen-bond acceptors (Lipinski definition) is 6. The highest BCUT2D eigenvalue weighted by atomic mass is 16.5. The fourth-order valence-corrected chi connectivity index (χ4v) is 3.86. The van der Waals surface area contributed by atoms with Gasteiger partial charge in [0, 0.05) is 13.1 Å². The molecule has 1 amide bonds. The molecular formula is C30H30N2O5. The molecule has 0 spiro atoms. The lowest BCUT2D eigenvalue weighted by atomic mass is 10.1. The van der Waals surface area contributed by atoms with Crippen LogP contribution >= 0.6 is 0 Å². The van der Waals surface area contributed by atoms with Gasteiger partial charge in [0.2, 0.25) is 0 Å². The van der Waals surface area contributed by atoms with Crippen LogP contribution in [-0.2, 0) is 40.4 Å². The number of ether oxygens (including phenoxy) is 2. The van der Waals surface area contributed by atoms with Gasteiger partial charge in [-0.3, -0.25) is 9.59 Å². The van der Waals surface area contributed by atoms with E-state index in [1.165, 1.54) is 0 Å². The van der Waals surface area contributed by atoms with E-state index in [9.17, 15) is 9.59 Å². The Hall–Kier alpha value is -4.39. The number of carbonyl (C=O) groups is 2. The lowest BCUT2D eigenvalue weighted by molar-refractivity contribution is -0.152. The second kappa shape index (κ2) is 12.5. The van der Waals surface area contributed by atoms with Crippen molar-refractivity contribution in [2.24, 2.45) is 0 Å². The average molecular weight is 499 g/mol. The van der Waals surface area contributed by atoms with Gasteiger partial charge in [-0.05, 0) is 42.7 Å². The van der Waals surface area contributed by atoms with E-state index in [-0.39, 0.29) is 18.9 Å². The highest BCUT2D eigenvalue weighted by molar-refractivity contribution is 5.81. The molecule has 3 aromatic carbocycles. The molecule has 37 heavy (non-hydrogen) atoms. The number of benzene rings is 3. The summed E-state index contributed by atoms with van der Waals surface area (Å²) in [5, 5.41) is 3.92. The summed E-state index contributed by atoms with van der Waals surface area (Å²) >= 11 is 0. The minimum absolute atomic E-state index is 0.0643. The molecule has 0 fully saturated rings. The molecule has 1 heterocycles. The van der Waals surface area contributed by atoms with E-state index in [4.69, 9.17) is 14.0 Å². The quantitative estimate of drug-likeness (QED) is 0.265. The molecule has 0 aliphatic carbocycles. The fraction of sp³-hybridized carbons (Fsp3) is 0.233. The van der Waals surface area contributed by atoms with Crippen molar-refractivity contribution in [2.45, 2.75) is 40.0 Å². The second-order valence-electron chi connectivity index (χ2n) is 8.79. The first-order valence-corrected chi connectivity index (χ1v) is 12.1. The van der Waals surface area contributed by atoms with Crippen LogP contribution in [-0.4, -0.2) is 28.5 Å². The van der Waals surface area contributed by atoms with Crippen molar-refractivity contribution < 1.29 is 23.6 Å². The third kappa shape index (κ3) is 7.54. The molecule has 7 heteroatoms. The van der Waals surface area contributed by atoms with Gasteiger partial charge in [-0.2, -0.15) is 0 Å². The maximum Gasteiger partial charge on any atom is 0.310 e. The van der Waals surface area contributed by atoms with Gasteiger partial charge >= 0.3 is 5.97 Å². The summed E-state index contributed by atoms with van der Waals surface area (Å²) in [7, 11) is 0. The van der Waals surface area contributed by atoms with Gasteiger partial charge in [0.1, 0.15) is 18.1 Å². The van der Waals surface area contributed by atoms with Crippen molar-refractivity contribution in [1.29, 1.82) is 0 Å². The number of aromatic nitrogens is 1. The molecule has 4 rings (SSSR count). The molecule has 0 saturated carbocycles. The minimum atomic E-state index is -0.461. The molecule has 0 N–H and O–H groups in total. The summed E-state index contributed by atoms with van der Waals surface area (Å²) in [6.07, 6.45) is 0.0643. The largest absolute Gasteiger partial charge is 0.489 e. The smallest absolute Gasteiger partial charge is 0.310 e. The molecule has 1 aromatic heterocycles. The van der Waals surface area contributed by atoms with Crippen LogP contribution in [0.5, 0.6) is 5.75 Å². The van der Waals surface area contributed by atoms with Crippen LogP contribution in [0.2, 0.25) is 0 Å². The van der Waals surface area contributed by atoms with Crippen LogP contribution in [0, 0.1) is 13.8 Å². The Kier molecular flexibility index (Phi) is 8.70. The average Bonchev–Trinajstić information content (AvgIpc) is 3.24. The Balaban J connectivity index is 1.29. The van der Waals surface area contributed by atoms with Gasteiger partial charge in [-0.15, -0.1) is 0 Å². The van der Waals surface area contributed by atoms with Gasteiger partial charge in [-0.1, -0.05) is 78.0 Å². The number of amides is 1. The highest BCUT2D eigenvalue weighted by Crippen LogP contribution is 2.18. The molecule has 7 nitrogen and oxygen atoms in total. The first kappa shape index (κ1) is 25.7. The van der Waals surface area contributed by atoms with E-state index in [0.29, 0.717) is 25.4 Å². The number of nitrogens with zero attached hydrogens (tertiary/aromatic N) is 2. The molecule has 0 atom stereocenters. The summed E-state index contributed by atoms with van der Waals surface area (Å²) in [5.74, 6) is 0.698. The summed E-state index contributed by atoms with van der Waals surface area (Å²) in [4.78, 5) is 27.1. The van der Waals surface area contributed by atoms with Crippen molar-refractivity contribution in [1.82, 2.24) is 10.1 Å². The molecule has 0 bridgehead atoms. The third-order valence-corrected chi connectivity index (χ3v) is 5.98. The normalized spacial score (nSPS) is 10.6. The summed E-state index contributed by atoms with van der Waals surface area (Å²) in [6.45, 7) is 4.63. The Morgan fingerprint density at radius 3 is 1.95 bits per heavy atom. The van der Waals surface area contributed by atoms with Crippen molar-refractivity contribution in [3.05, 3.63) is 119 Å². The summed E-state index contributed by atoms with van der Waals surface area (Å²) in [6, 6.07) is 26.7. The van der Waals surface area contributed by atoms with Gasteiger partial charge in [0.05, 0.1) is 17.7 Å². The lowest BCUT2D eigenvalue weighted by Gasteiger charge is -2.23. The molecule has 0 aliphatic rings. The van der Waals surface area contributed by atoms with E-state index in [1.54, 1.807) is 17.0 Å². The second-order valence-corrected chi connectivity index (χ2v) is 8.79. The summed E-state index contributed by atoms with van der Waals surface area (Å²) < 4.78 is 16.3. The minimum Gasteiger partial charge on any atom is -0.489 e. The topological polar surface area (TPSA) is 81.9 Å². The lowest BCUT2D eigenvalue weighted by Crippen LogP contribution is -2.34. The van der Waals surface area contributed by atoms with Crippen molar-refractivity contribution in [3.8, 4) is 5.75 Å². The first-order chi connectivity index (χ1) is 18.0. The monoisotopic (exact) mass is 498 g/mol. The number of carbonyl (C=O) groups excluding carboxylic acids is 2.